The molecule has 0 spiro atoms. The molecule has 0 saturated carbocycles. The maximum Gasteiger partial charge on any atom is 0.293 e. The Bertz CT molecular complexity index is 466. The smallest absolute Gasteiger partial charge is 0.293 e. The van der Waals surface area contributed by atoms with Crippen LogP contribution in [0.15, 0.2) is 17.2 Å². The summed E-state index contributed by atoms with van der Waals surface area (Å²) in [6.07, 6.45) is 5.06. The maximum absolute atomic E-state index is 12.2. The van der Waals surface area contributed by atoms with Crippen LogP contribution in [0.25, 0.3) is 0 Å². The van der Waals surface area contributed by atoms with Crippen molar-refractivity contribution < 1.29 is 5.11 Å². The van der Waals surface area contributed by atoms with Crippen molar-refractivity contribution in [3.63, 3.8) is 0 Å². The van der Waals surface area contributed by atoms with Gasteiger partial charge in [0.2, 0.25) is 0 Å². The molecule has 1 aromatic rings. The number of hydrogen-bond acceptors (Lipinski definition) is 4. The van der Waals surface area contributed by atoms with E-state index in [0.29, 0.717) is 24.8 Å². The van der Waals surface area contributed by atoms with Gasteiger partial charge in [-0.25, -0.2) is 4.98 Å². The van der Waals surface area contributed by atoms with Crippen molar-refractivity contribution in [2.24, 2.45) is 11.3 Å². The number of aliphatic hydroxyl groups excluding tert-OH is 1. The molecule has 0 aliphatic rings. The van der Waals surface area contributed by atoms with Crippen molar-refractivity contribution in [1.82, 2.24) is 9.55 Å². The lowest BCUT2D eigenvalue weighted by Crippen LogP contribution is -2.30. The second kappa shape index (κ2) is 7.43. The summed E-state index contributed by atoms with van der Waals surface area (Å²) in [7, 11) is 0. The van der Waals surface area contributed by atoms with Crippen LogP contribution in [0.5, 0.6) is 0 Å². The highest BCUT2D eigenvalue weighted by Gasteiger charge is 2.18. The van der Waals surface area contributed by atoms with Crippen molar-refractivity contribution in [2.45, 2.75) is 47.1 Å². The molecule has 0 radical (unpaired) electrons. The lowest BCUT2D eigenvalue weighted by molar-refractivity contribution is 0.247. The zero-order valence-electron chi connectivity index (χ0n) is 13.0. The Morgan fingerprint density at radius 1 is 1.45 bits per heavy atom. The second-order valence-electron chi connectivity index (χ2n) is 6.47. The summed E-state index contributed by atoms with van der Waals surface area (Å²) in [6.45, 7) is 9.96. The highest BCUT2D eigenvalue weighted by molar-refractivity contribution is 5.31. The van der Waals surface area contributed by atoms with E-state index in [9.17, 15) is 4.79 Å². The lowest BCUT2D eigenvalue weighted by atomic mass is 9.88. The van der Waals surface area contributed by atoms with E-state index in [2.05, 4.69) is 38.0 Å². The van der Waals surface area contributed by atoms with E-state index in [0.717, 1.165) is 12.8 Å². The van der Waals surface area contributed by atoms with Crippen molar-refractivity contribution >= 4 is 5.82 Å². The maximum atomic E-state index is 12.2. The quantitative estimate of drug-likeness (QED) is 0.766. The van der Waals surface area contributed by atoms with Crippen LogP contribution < -0.4 is 10.9 Å². The van der Waals surface area contributed by atoms with Gasteiger partial charge in [-0.3, -0.25) is 4.79 Å². The first-order valence-electron chi connectivity index (χ1n) is 7.26. The molecule has 1 heterocycles. The fourth-order valence-electron chi connectivity index (χ4n) is 2.07. The molecular weight excluding hydrogens is 254 g/mol. The number of aliphatic hydroxyl groups is 1. The molecule has 20 heavy (non-hydrogen) atoms. The summed E-state index contributed by atoms with van der Waals surface area (Å²) >= 11 is 0. The monoisotopic (exact) mass is 281 g/mol. The molecule has 1 aromatic heterocycles. The first kappa shape index (κ1) is 16.7. The van der Waals surface area contributed by atoms with E-state index in [1.54, 1.807) is 17.0 Å². The minimum absolute atomic E-state index is 0.0234. The number of hydrogen-bond donors (Lipinski definition) is 2. The van der Waals surface area contributed by atoms with Gasteiger partial charge < -0.3 is 15.0 Å². The van der Waals surface area contributed by atoms with Crippen LogP contribution in [0, 0.1) is 11.3 Å². The Kier molecular flexibility index (Phi) is 6.20. The number of nitrogens with zero attached hydrogens (tertiary/aromatic N) is 2. The van der Waals surface area contributed by atoms with Crippen molar-refractivity contribution in [3.8, 4) is 0 Å². The van der Waals surface area contributed by atoms with Gasteiger partial charge in [0, 0.05) is 32.1 Å². The van der Waals surface area contributed by atoms with Crippen LogP contribution in [-0.4, -0.2) is 27.8 Å². The Hall–Kier alpha value is -1.36. The van der Waals surface area contributed by atoms with Crippen LogP contribution in [0.4, 0.5) is 5.82 Å². The molecule has 0 atom stereocenters. The van der Waals surface area contributed by atoms with Crippen LogP contribution in [0.2, 0.25) is 0 Å². The van der Waals surface area contributed by atoms with Crippen LogP contribution in [0.1, 0.15) is 40.5 Å². The van der Waals surface area contributed by atoms with Crippen molar-refractivity contribution in [3.05, 3.63) is 22.7 Å². The molecule has 0 unspecified atom stereocenters. The van der Waals surface area contributed by atoms with Gasteiger partial charge >= 0.3 is 0 Å². The van der Waals surface area contributed by atoms with Crippen molar-refractivity contribution in [1.29, 1.82) is 0 Å². The molecular formula is C15H27N3O2. The zero-order chi connectivity index (χ0) is 15.2. The van der Waals surface area contributed by atoms with E-state index in [1.165, 1.54) is 0 Å². The summed E-state index contributed by atoms with van der Waals surface area (Å²) < 4.78 is 1.70. The molecule has 0 saturated heterocycles. The average molecular weight is 281 g/mol. The SMILES string of the molecule is CC(C)Cn1ccnc(NCC(C)(C)CCCO)c1=O. The number of nitrogens with one attached hydrogen (secondary N) is 1. The molecule has 0 amide bonds. The zero-order valence-corrected chi connectivity index (χ0v) is 13.0. The van der Waals surface area contributed by atoms with Crippen LogP contribution in [0.3, 0.4) is 0 Å². The lowest BCUT2D eigenvalue weighted by Gasteiger charge is -2.24. The Morgan fingerprint density at radius 3 is 2.75 bits per heavy atom. The third kappa shape index (κ3) is 5.33. The Balaban J connectivity index is 2.71. The standard InChI is InChI=1S/C15H27N3O2/c1-12(2)10-18-8-7-16-13(14(18)20)17-11-15(3,4)6-5-9-19/h7-8,12,19H,5-6,9-11H2,1-4H3,(H,16,17). The highest BCUT2D eigenvalue weighted by atomic mass is 16.2. The largest absolute Gasteiger partial charge is 0.396 e. The third-order valence-corrected chi connectivity index (χ3v) is 3.22. The summed E-state index contributed by atoms with van der Waals surface area (Å²) in [5.41, 5.74) is -0.0468. The molecule has 0 aliphatic heterocycles. The number of anilines is 1. The fourth-order valence-corrected chi connectivity index (χ4v) is 2.07. The van der Waals surface area contributed by atoms with E-state index in [-0.39, 0.29) is 17.6 Å². The molecule has 0 bridgehead atoms. The van der Waals surface area contributed by atoms with Crippen molar-refractivity contribution in [2.75, 3.05) is 18.5 Å². The van der Waals surface area contributed by atoms with Gasteiger partial charge in [-0.15, -0.1) is 0 Å². The van der Waals surface area contributed by atoms with Gasteiger partial charge in [0.05, 0.1) is 0 Å². The van der Waals surface area contributed by atoms with E-state index in [1.807, 2.05) is 0 Å². The molecule has 0 fully saturated rings. The normalized spacial score (nSPS) is 11.9. The summed E-state index contributed by atoms with van der Waals surface area (Å²) in [4.78, 5) is 16.4. The van der Waals surface area contributed by atoms with E-state index >= 15 is 0 Å². The summed E-state index contributed by atoms with van der Waals surface area (Å²) in [5, 5.41) is 12.0. The topological polar surface area (TPSA) is 67.2 Å². The Labute approximate surface area is 121 Å². The minimum atomic E-state index is -0.0702. The van der Waals surface area contributed by atoms with Gasteiger partial charge in [0.1, 0.15) is 0 Å². The molecule has 0 aliphatic carbocycles. The van der Waals surface area contributed by atoms with Gasteiger partial charge in [0.15, 0.2) is 5.82 Å². The van der Waals surface area contributed by atoms with Gasteiger partial charge in [-0.1, -0.05) is 27.7 Å². The van der Waals surface area contributed by atoms with Gasteiger partial charge in [-0.2, -0.15) is 0 Å². The predicted molar refractivity (Wildman–Crippen MR) is 81.9 cm³/mol. The molecule has 1 rings (SSSR count). The first-order valence-corrected chi connectivity index (χ1v) is 7.26. The molecule has 114 valence electrons. The number of rotatable bonds is 8. The van der Waals surface area contributed by atoms with E-state index in [4.69, 9.17) is 5.11 Å². The van der Waals surface area contributed by atoms with Crippen LogP contribution in [-0.2, 0) is 6.54 Å². The summed E-state index contributed by atoms with van der Waals surface area (Å²) in [5.74, 6) is 0.828. The van der Waals surface area contributed by atoms with Gasteiger partial charge in [-0.05, 0) is 24.2 Å². The first-order chi connectivity index (χ1) is 9.35. The second-order valence-corrected chi connectivity index (χ2v) is 6.47. The molecule has 5 nitrogen and oxygen atoms in total. The third-order valence-electron chi connectivity index (χ3n) is 3.22. The minimum Gasteiger partial charge on any atom is -0.396 e. The molecule has 2 N–H and O–H groups in total. The number of aromatic nitrogens is 2. The van der Waals surface area contributed by atoms with E-state index < -0.39 is 0 Å². The molecule has 0 aromatic carbocycles. The Morgan fingerprint density at radius 2 is 2.15 bits per heavy atom. The molecule has 5 heteroatoms. The predicted octanol–water partition coefficient (Wildman–Crippen LogP) is 2.11. The van der Waals surface area contributed by atoms with Crippen LogP contribution >= 0.6 is 0 Å². The average Bonchev–Trinajstić information content (AvgIpc) is 2.37. The highest BCUT2D eigenvalue weighted by Crippen LogP contribution is 2.21. The van der Waals surface area contributed by atoms with Gasteiger partial charge in [0.25, 0.3) is 5.56 Å². The fraction of sp³-hybridized carbons (Fsp3) is 0.733. The summed E-state index contributed by atoms with van der Waals surface area (Å²) in [6, 6.07) is 0.